The van der Waals surface area contributed by atoms with Crippen LogP contribution in [0.4, 0.5) is 5.69 Å². The van der Waals surface area contributed by atoms with Crippen molar-refractivity contribution in [1.82, 2.24) is 4.98 Å². The number of anilines is 1. The molecule has 3 nitrogen and oxygen atoms in total. The Labute approximate surface area is 110 Å². The molecule has 0 spiro atoms. The molecule has 0 aromatic carbocycles. The van der Waals surface area contributed by atoms with Crippen molar-refractivity contribution < 1.29 is 4.79 Å². The van der Waals surface area contributed by atoms with Crippen LogP contribution in [-0.2, 0) is 12.8 Å². The molecule has 3 rings (SSSR count). The number of ketones is 1. The van der Waals surface area contributed by atoms with Crippen LogP contribution < -0.4 is 5.73 Å². The highest BCUT2D eigenvalue weighted by molar-refractivity contribution is 7.21. The molecule has 0 amide bonds. The molecule has 0 fully saturated rings. The Morgan fingerprint density at radius 1 is 1.28 bits per heavy atom. The van der Waals surface area contributed by atoms with Gasteiger partial charge >= 0.3 is 0 Å². The number of fused-ring (bicyclic) bond motifs is 3. The minimum absolute atomic E-state index is 0.0395. The number of Topliss-reactive ketones (excluding diaryl/α,β-unsaturated/α-hetero) is 1. The first-order valence-electron chi connectivity index (χ1n) is 6.31. The van der Waals surface area contributed by atoms with Gasteiger partial charge in [-0.05, 0) is 43.7 Å². The smallest absolute Gasteiger partial charge is 0.171 e. The number of nitrogens with zero attached hydrogens (tertiary/aromatic N) is 1. The van der Waals surface area contributed by atoms with Crippen molar-refractivity contribution in [1.29, 1.82) is 0 Å². The Bertz CT molecular complexity index is 658. The minimum atomic E-state index is 0.0395. The predicted molar refractivity (Wildman–Crippen MR) is 75.4 cm³/mol. The van der Waals surface area contributed by atoms with Crippen LogP contribution >= 0.6 is 11.3 Å². The molecular formula is C14H16N2OS. The van der Waals surface area contributed by atoms with Crippen molar-refractivity contribution >= 4 is 33.0 Å². The molecule has 0 aliphatic heterocycles. The quantitative estimate of drug-likeness (QED) is 0.801. The fraction of sp³-hybridized carbons (Fsp3) is 0.429. The highest BCUT2D eigenvalue weighted by Gasteiger charge is 2.22. The second kappa shape index (κ2) is 4.05. The molecule has 18 heavy (non-hydrogen) atoms. The molecule has 94 valence electrons. The molecule has 0 bridgehead atoms. The lowest BCUT2D eigenvalue weighted by Gasteiger charge is -2.18. The third kappa shape index (κ3) is 1.56. The summed E-state index contributed by atoms with van der Waals surface area (Å²) in [5.74, 6) is 0.0395. The number of hydrogen-bond donors (Lipinski definition) is 1. The maximum atomic E-state index is 11.6. The minimum Gasteiger partial charge on any atom is -0.397 e. The van der Waals surface area contributed by atoms with Crippen molar-refractivity contribution in [2.75, 3.05) is 5.73 Å². The molecule has 4 heteroatoms. The maximum Gasteiger partial charge on any atom is 0.171 e. The molecule has 0 atom stereocenters. The van der Waals surface area contributed by atoms with Gasteiger partial charge in [-0.15, -0.1) is 11.3 Å². The van der Waals surface area contributed by atoms with Gasteiger partial charge < -0.3 is 5.73 Å². The Morgan fingerprint density at radius 2 is 1.94 bits per heavy atom. The lowest BCUT2D eigenvalue weighted by Crippen LogP contribution is -2.07. The highest BCUT2D eigenvalue weighted by atomic mass is 32.1. The molecule has 0 radical (unpaired) electrons. The summed E-state index contributed by atoms with van der Waals surface area (Å²) in [5.41, 5.74) is 10.6. The van der Waals surface area contributed by atoms with E-state index >= 15 is 0 Å². The number of hydrogen-bond acceptors (Lipinski definition) is 4. The molecule has 2 aromatic heterocycles. The van der Waals surface area contributed by atoms with E-state index in [1.165, 1.54) is 35.3 Å². The number of nitrogens with two attached hydrogens (primary N) is 1. The summed E-state index contributed by atoms with van der Waals surface area (Å²) in [7, 11) is 0. The number of aromatic nitrogens is 1. The fourth-order valence-electron chi connectivity index (χ4n) is 2.86. The second-order valence-electron chi connectivity index (χ2n) is 4.94. The van der Waals surface area contributed by atoms with Crippen molar-refractivity contribution in [3.63, 3.8) is 0 Å². The lowest BCUT2D eigenvalue weighted by atomic mass is 9.89. The topological polar surface area (TPSA) is 56.0 Å². The van der Waals surface area contributed by atoms with E-state index in [1.807, 2.05) is 0 Å². The van der Waals surface area contributed by atoms with E-state index in [4.69, 9.17) is 5.73 Å². The SMILES string of the molecule is CC(=O)c1sc2nc(C)c3c(c2c1N)CCCC3. The van der Waals surface area contributed by atoms with Gasteiger partial charge in [0, 0.05) is 18.0 Å². The molecule has 2 heterocycles. The van der Waals surface area contributed by atoms with Crippen LogP contribution in [0.25, 0.3) is 10.2 Å². The number of rotatable bonds is 1. The van der Waals surface area contributed by atoms with E-state index in [0.717, 1.165) is 28.8 Å². The van der Waals surface area contributed by atoms with Gasteiger partial charge in [0.1, 0.15) is 4.83 Å². The van der Waals surface area contributed by atoms with E-state index in [9.17, 15) is 4.79 Å². The second-order valence-corrected chi connectivity index (χ2v) is 5.94. The van der Waals surface area contributed by atoms with Crippen LogP contribution in [0, 0.1) is 6.92 Å². The molecule has 2 aromatic rings. The molecular weight excluding hydrogens is 244 g/mol. The molecule has 1 aliphatic carbocycles. The number of aryl methyl sites for hydroxylation is 2. The third-order valence-corrected chi connectivity index (χ3v) is 4.92. The first-order chi connectivity index (χ1) is 8.59. The zero-order valence-corrected chi connectivity index (χ0v) is 11.5. The first-order valence-corrected chi connectivity index (χ1v) is 7.12. The van der Waals surface area contributed by atoms with Crippen molar-refractivity contribution in [3.8, 4) is 0 Å². The van der Waals surface area contributed by atoms with Gasteiger partial charge in [0.25, 0.3) is 0 Å². The van der Waals surface area contributed by atoms with Crippen LogP contribution in [0.15, 0.2) is 0 Å². The Balaban J connectivity index is 2.39. The summed E-state index contributed by atoms with van der Waals surface area (Å²) in [6.07, 6.45) is 4.59. The average Bonchev–Trinajstić information content (AvgIpc) is 2.67. The van der Waals surface area contributed by atoms with E-state index in [-0.39, 0.29) is 5.78 Å². The summed E-state index contributed by atoms with van der Waals surface area (Å²) >= 11 is 1.43. The molecule has 0 saturated carbocycles. The monoisotopic (exact) mass is 260 g/mol. The Kier molecular flexibility index (Phi) is 2.63. The molecule has 2 N–H and O–H groups in total. The van der Waals surface area contributed by atoms with Gasteiger partial charge in [0.2, 0.25) is 0 Å². The van der Waals surface area contributed by atoms with Gasteiger partial charge in [0.05, 0.1) is 10.6 Å². The summed E-state index contributed by atoms with van der Waals surface area (Å²) in [4.78, 5) is 17.8. The average molecular weight is 260 g/mol. The molecule has 1 aliphatic rings. The zero-order valence-electron chi connectivity index (χ0n) is 10.7. The number of carbonyl (C=O) groups excluding carboxylic acids is 1. The summed E-state index contributed by atoms with van der Waals surface area (Å²) in [6, 6.07) is 0. The van der Waals surface area contributed by atoms with Gasteiger partial charge in [-0.3, -0.25) is 4.79 Å². The Hall–Kier alpha value is -1.42. The summed E-state index contributed by atoms with van der Waals surface area (Å²) in [6.45, 7) is 3.63. The molecule has 0 unspecified atom stereocenters. The van der Waals surface area contributed by atoms with Crippen molar-refractivity contribution in [2.45, 2.75) is 39.5 Å². The third-order valence-electron chi connectivity index (χ3n) is 3.72. The zero-order chi connectivity index (χ0) is 12.9. The van der Waals surface area contributed by atoms with Gasteiger partial charge in [0.15, 0.2) is 5.78 Å². The van der Waals surface area contributed by atoms with E-state index in [2.05, 4.69) is 11.9 Å². The number of nitrogen functional groups attached to an aromatic ring is 1. The van der Waals surface area contributed by atoms with Crippen LogP contribution in [0.5, 0.6) is 0 Å². The van der Waals surface area contributed by atoms with Crippen LogP contribution in [0.2, 0.25) is 0 Å². The molecule has 0 saturated heterocycles. The van der Waals surface area contributed by atoms with Crippen LogP contribution in [-0.4, -0.2) is 10.8 Å². The van der Waals surface area contributed by atoms with Crippen LogP contribution in [0.3, 0.4) is 0 Å². The van der Waals surface area contributed by atoms with E-state index in [0.29, 0.717) is 10.6 Å². The number of pyridine rings is 1. The van der Waals surface area contributed by atoms with Gasteiger partial charge in [-0.25, -0.2) is 4.98 Å². The van der Waals surface area contributed by atoms with E-state index < -0.39 is 0 Å². The normalized spacial score (nSPS) is 14.8. The highest BCUT2D eigenvalue weighted by Crippen LogP contribution is 2.39. The summed E-state index contributed by atoms with van der Waals surface area (Å²) in [5, 5.41) is 1.05. The van der Waals surface area contributed by atoms with Crippen LogP contribution in [0.1, 0.15) is 46.3 Å². The lowest BCUT2D eigenvalue weighted by molar-refractivity contribution is 0.102. The number of thiophene rings is 1. The number of carbonyl (C=O) groups is 1. The summed E-state index contributed by atoms with van der Waals surface area (Å²) < 4.78 is 0. The maximum absolute atomic E-state index is 11.6. The van der Waals surface area contributed by atoms with Gasteiger partial charge in [-0.2, -0.15) is 0 Å². The standard InChI is InChI=1S/C14H16N2OS/c1-7-9-5-3-4-6-10(9)11-12(15)13(8(2)17)18-14(11)16-7/h3-6,15H2,1-2H3. The predicted octanol–water partition coefficient (Wildman–Crippen LogP) is 3.27. The van der Waals surface area contributed by atoms with Crippen molar-refractivity contribution in [3.05, 3.63) is 21.7 Å². The Morgan fingerprint density at radius 3 is 2.61 bits per heavy atom. The first kappa shape index (κ1) is 11.7. The largest absolute Gasteiger partial charge is 0.397 e. The van der Waals surface area contributed by atoms with Crippen molar-refractivity contribution in [2.24, 2.45) is 0 Å². The van der Waals surface area contributed by atoms with Gasteiger partial charge in [-0.1, -0.05) is 0 Å². The van der Waals surface area contributed by atoms with E-state index in [1.54, 1.807) is 6.92 Å². The fourth-order valence-corrected chi connectivity index (χ4v) is 3.93.